The van der Waals surface area contributed by atoms with Crippen LogP contribution in [0.25, 0.3) is 10.8 Å². The van der Waals surface area contributed by atoms with Gasteiger partial charge in [0.1, 0.15) is 17.8 Å². The average molecular weight is 356 g/mol. The van der Waals surface area contributed by atoms with E-state index in [1.54, 1.807) is 0 Å². The fourth-order valence-electron chi connectivity index (χ4n) is 2.91. The molecule has 5 nitrogen and oxygen atoms in total. The first-order chi connectivity index (χ1) is 13.1. The van der Waals surface area contributed by atoms with Crippen molar-refractivity contribution in [3.05, 3.63) is 78.1 Å². The van der Waals surface area contributed by atoms with Crippen LogP contribution in [-0.4, -0.2) is 9.97 Å². The van der Waals surface area contributed by atoms with E-state index >= 15 is 0 Å². The van der Waals surface area contributed by atoms with Crippen LogP contribution in [0.3, 0.4) is 0 Å². The number of nitrogen functional groups attached to an aromatic ring is 1. The Bertz CT molecular complexity index is 1120. The third kappa shape index (κ3) is 3.40. The molecule has 1 heterocycles. The zero-order valence-electron chi connectivity index (χ0n) is 15.2. The van der Waals surface area contributed by atoms with Crippen molar-refractivity contribution in [3.63, 3.8) is 0 Å². The van der Waals surface area contributed by atoms with E-state index < -0.39 is 0 Å². The van der Waals surface area contributed by atoms with Crippen molar-refractivity contribution in [3.8, 4) is 11.6 Å². The molecule has 0 amide bonds. The maximum absolute atomic E-state index is 6.28. The smallest absolute Gasteiger partial charge is 0.248 e. The second kappa shape index (κ2) is 6.96. The van der Waals surface area contributed by atoms with Gasteiger partial charge in [0, 0.05) is 11.1 Å². The number of fused-ring (bicyclic) bond motifs is 1. The van der Waals surface area contributed by atoms with Crippen LogP contribution in [0.15, 0.2) is 67.0 Å². The van der Waals surface area contributed by atoms with E-state index in [1.165, 1.54) is 11.9 Å². The molecule has 134 valence electrons. The second-order valence-corrected chi connectivity index (χ2v) is 6.44. The van der Waals surface area contributed by atoms with Crippen LogP contribution in [0, 0.1) is 13.8 Å². The summed E-state index contributed by atoms with van der Waals surface area (Å²) >= 11 is 0. The summed E-state index contributed by atoms with van der Waals surface area (Å²) in [6.07, 6.45) is 1.44. The zero-order valence-corrected chi connectivity index (χ0v) is 15.2. The maximum atomic E-state index is 6.28. The Kier molecular flexibility index (Phi) is 4.34. The second-order valence-electron chi connectivity index (χ2n) is 6.44. The lowest BCUT2D eigenvalue weighted by Gasteiger charge is -2.13. The van der Waals surface area contributed by atoms with Gasteiger partial charge in [-0.15, -0.1) is 0 Å². The van der Waals surface area contributed by atoms with Crippen molar-refractivity contribution in [2.45, 2.75) is 13.8 Å². The van der Waals surface area contributed by atoms with Gasteiger partial charge in [-0.2, -0.15) is 4.98 Å². The topological polar surface area (TPSA) is 73.1 Å². The Morgan fingerprint density at radius 1 is 0.889 bits per heavy atom. The molecule has 0 saturated carbocycles. The predicted molar refractivity (Wildman–Crippen MR) is 110 cm³/mol. The van der Waals surface area contributed by atoms with Gasteiger partial charge < -0.3 is 15.8 Å². The zero-order chi connectivity index (χ0) is 18.8. The maximum Gasteiger partial charge on any atom is 0.248 e. The number of aromatic nitrogens is 2. The van der Waals surface area contributed by atoms with Crippen molar-refractivity contribution in [2.75, 3.05) is 11.1 Å². The minimum absolute atomic E-state index is 0.330. The summed E-state index contributed by atoms with van der Waals surface area (Å²) in [7, 11) is 0. The molecular weight excluding hydrogens is 336 g/mol. The first kappa shape index (κ1) is 16.8. The van der Waals surface area contributed by atoms with Crippen LogP contribution in [0.2, 0.25) is 0 Å². The summed E-state index contributed by atoms with van der Waals surface area (Å²) < 4.78 is 5.89. The third-order valence-electron chi connectivity index (χ3n) is 4.58. The van der Waals surface area contributed by atoms with Crippen molar-refractivity contribution >= 4 is 28.0 Å². The minimum atomic E-state index is 0.330. The number of nitrogens with one attached hydrogen (secondary N) is 1. The van der Waals surface area contributed by atoms with Crippen LogP contribution in [0.5, 0.6) is 11.6 Å². The van der Waals surface area contributed by atoms with Gasteiger partial charge in [-0.1, -0.05) is 42.5 Å². The Hall–Kier alpha value is -3.60. The minimum Gasteiger partial charge on any atom is -0.437 e. The molecule has 0 radical (unpaired) electrons. The van der Waals surface area contributed by atoms with Crippen LogP contribution in [0.1, 0.15) is 11.1 Å². The number of ether oxygens (including phenoxy) is 1. The molecule has 4 rings (SSSR count). The lowest BCUT2D eigenvalue weighted by atomic mass is 10.1. The third-order valence-corrected chi connectivity index (χ3v) is 4.58. The number of rotatable bonds is 4. The lowest BCUT2D eigenvalue weighted by molar-refractivity contribution is 0.464. The highest BCUT2D eigenvalue weighted by molar-refractivity contribution is 5.96. The molecule has 0 unspecified atom stereocenters. The summed E-state index contributed by atoms with van der Waals surface area (Å²) in [6, 6.07) is 20.1. The highest BCUT2D eigenvalue weighted by Gasteiger charge is 2.12. The molecule has 0 saturated heterocycles. The number of nitrogens with two attached hydrogens (primary N) is 1. The highest BCUT2D eigenvalue weighted by Crippen LogP contribution is 2.33. The van der Waals surface area contributed by atoms with E-state index in [2.05, 4.69) is 40.4 Å². The Morgan fingerprint density at radius 3 is 2.56 bits per heavy atom. The molecule has 0 aliphatic rings. The molecular formula is C22H20N4O. The molecule has 3 N–H and O–H groups in total. The Morgan fingerprint density at radius 2 is 1.70 bits per heavy atom. The first-order valence-corrected chi connectivity index (χ1v) is 8.72. The van der Waals surface area contributed by atoms with Gasteiger partial charge in [-0.05, 0) is 48.6 Å². The number of hydrogen-bond donors (Lipinski definition) is 2. The van der Waals surface area contributed by atoms with E-state index in [0.29, 0.717) is 23.1 Å². The van der Waals surface area contributed by atoms with E-state index in [1.807, 2.05) is 49.4 Å². The van der Waals surface area contributed by atoms with Crippen LogP contribution >= 0.6 is 0 Å². The lowest BCUT2D eigenvalue weighted by Crippen LogP contribution is -2.03. The van der Waals surface area contributed by atoms with Crippen molar-refractivity contribution in [2.24, 2.45) is 0 Å². The molecule has 3 aromatic carbocycles. The molecule has 0 atom stereocenters. The van der Waals surface area contributed by atoms with Crippen LogP contribution in [-0.2, 0) is 0 Å². The number of nitrogens with zero attached hydrogens (tertiary/aromatic N) is 2. The molecule has 0 aliphatic carbocycles. The van der Waals surface area contributed by atoms with Crippen LogP contribution < -0.4 is 15.8 Å². The standard InChI is InChI=1S/C22H20N4O/c1-14-10-11-17(12-15(14)2)27-22-20(23)21(24-13-25-22)26-19-9-5-7-16-6-3-4-8-18(16)19/h3-13H,23H2,1-2H3,(H,24,25,26). The monoisotopic (exact) mass is 356 g/mol. The van der Waals surface area contributed by atoms with E-state index in [9.17, 15) is 0 Å². The molecule has 0 bridgehead atoms. The summed E-state index contributed by atoms with van der Waals surface area (Å²) in [5.74, 6) is 1.54. The summed E-state index contributed by atoms with van der Waals surface area (Å²) in [5, 5.41) is 5.54. The molecule has 27 heavy (non-hydrogen) atoms. The summed E-state index contributed by atoms with van der Waals surface area (Å²) in [6.45, 7) is 4.10. The molecule has 4 aromatic rings. The fourth-order valence-corrected chi connectivity index (χ4v) is 2.91. The molecule has 0 spiro atoms. The van der Waals surface area contributed by atoms with E-state index in [4.69, 9.17) is 10.5 Å². The number of anilines is 3. The van der Waals surface area contributed by atoms with Crippen molar-refractivity contribution in [1.29, 1.82) is 0 Å². The molecule has 5 heteroatoms. The van der Waals surface area contributed by atoms with Gasteiger partial charge in [0.05, 0.1) is 0 Å². The Labute approximate surface area is 157 Å². The molecule has 0 fully saturated rings. The van der Waals surface area contributed by atoms with Crippen molar-refractivity contribution < 1.29 is 4.74 Å². The average Bonchev–Trinajstić information content (AvgIpc) is 2.68. The largest absolute Gasteiger partial charge is 0.437 e. The molecule has 0 aliphatic heterocycles. The normalized spacial score (nSPS) is 10.7. The fraction of sp³-hybridized carbons (Fsp3) is 0.0909. The van der Waals surface area contributed by atoms with Gasteiger partial charge in [0.25, 0.3) is 0 Å². The number of hydrogen-bond acceptors (Lipinski definition) is 5. The van der Waals surface area contributed by atoms with Gasteiger partial charge in [-0.3, -0.25) is 0 Å². The Balaban J connectivity index is 1.66. The highest BCUT2D eigenvalue weighted by atomic mass is 16.5. The van der Waals surface area contributed by atoms with Crippen LogP contribution in [0.4, 0.5) is 17.2 Å². The number of aryl methyl sites for hydroxylation is 2. The number of benzene rings is 3. The van der Waals surface area contributed by atoms with E-state index in [0.717, 1.165) is 22.0 Å². The van der Waals surface area contributed by atoms with Gasteiger partial charge in [0.2, 0.25) is 5.88 Å². The summed E-state index contributed by atoms with van der Waals surface area (Å²) in [5.41, 5.74) is 9.92. The quantitative estimate of drug-likeness (QED) is 0.514. The van der Waals surface area contributed by atoms with Crippen molar-refractivity contribution in [1.82, 2.24) is 9.97 Å². The van der Waals surface area contributed by atoms with Gasteiger partial charge >= 0.3 is 0 Å². The SMILES string of the molecule is Cc1ccc(Oc2ncnc(Nc3cccc4ccccc34)c2N)cc1C. The van der Waals surface area contributed by atoms with E-state index in [-0.39, 0.29) is 0 Å². The predicted octanol–water partition coefficient (Wildman–Crippen LogP) is 5.36. The summed E-state index contributed by atoms with van der Waals surface area (Å²) in [4.78, 5) is 8.48. The molecule has 1 aromatic heterocycles. The van der Waals surface area contributed by atoms with Gasteiger partial charge in [-0.25, -0.2) is 4.98 Å². The van der Waals surface area contributed by atoms with Gasteiger partial charge in [0.15, 0.2) is 5.82 Å². The first-order valence-electron chi connectivity index (χ1n) is 8.72.